The van der Waals surface area contributed by atoms with Crippen molar-refractivity contribution in [1.29, 1.82) is 0 Å². The van der Waals surface area contributed by atoms with E-state index in [1.807, 2.05) is 13.8 Å². The first-order valence-electron chi connectivity index (χ1n) is 4.89. The van der Waals surface area contributed by atoms with Crippen molar-refractivity contribution in [3.63, 3.8) is 0 Å². The molecule has 1 heterocycles. The summed E-state index contributed by atoms with van der Waals surface area (Å²) in [5.74, 6) is -0.358. The molecule has 0 amide bonds. The molecule has 1 unspecified atom stereocenters. The van der Waals surface area contributed by atoms with E-state index in [2.05, 4.69) is 4.98 Å². The lowest BCUT2D eigenvalue weighted by Crippen LogP contribution is -2.34. The Morgan fingerprint density at radius 2 is 2.27 bits per heavy atom. The molecular weight excluding hydrogens is 212 g/mol. The maximum atomic E-state index is 11.3. The lowest BCUT2D eigenvalue weighted by Gasteiger charge is -2.07. The van der Waals surface area contributed by atoms with Crippen LogP contribution >= 0.6 is 11.3 Å². The molecular formula is C10H16N2O2S. The van der Waals surface area contributed by atoms with Crippen LogP contribution in [0.25, 0.3) is 0 Å². The normalized spacial score (nSPS) is 12.5. The van der Waals surface area contributed by atoms with E-state index in [-0.39, 0.29) is 5.97 Å². The van der Waals surface area contributed by atoms with Gasteiger partial charge in [0, 0.05) is 11.3 Å². The summed E-state index contributed by atoms with van der Waals surface area (Å²) in [6, 6.07) is -0.602. The van der Waals surface area contributed by atoms with Crippen LogP contribution < -0.4 is 5.73 Å². The molecule has 1 aromatic heterocycles. The zero-order chi connectivity index (χ0) is 11.4. The van der Waals surface area contributed by atoms with E-state index < -0.39 is 6.04 Å². The topological polar surface area (TPSA) is 65.2 Å². The minimum atomic E-state index is -0.602. The Labute approximate surface area is 93.5 Å². The highest BCUT2D eigenvalue weighted by molar-refractivity contribution is 7.11. The molecule has 15 heavy (non-hydrogen) atoms. The van der Waals surface area contributed by atoms with Crippen molar-refractivity contribution in [3.8, 4) is 0 Å². The van der Waals surface area contributed by atoms with Crippen LogP contribution in [0.15, 0.2) is 0 Å². The Balaban J connectivity index is 2.58. The molecule has 1 atom stereocenters. The van der Waals surface area contributed by atoms with Gasteiger partial charge in [0.05, 0.1) is 17.3 Å². The molecule has 2 N–H and O–H groups in total. The average Bonchev–Trinajstić information content (AvgIpc) is 2.46. The van der Waals surface area contributed by atoms with Gasteiger partial charge >= 0.3 is 5.97 Å². The zero-order valence-corrected chi connectivity index (χ0v) is 10.1. The first-order valence-corrected chi connectivity index (χ1v) is 5.71. The second-order valence-corrected chi connectivity index (χ2v) is 4.60. The second kappa shape index (κ2) is 5.23. The van der Waals surface area contributed by atoms with Gasteiger partial charge in [-0.15, -0.1) is 11.3 Å². The maximum absolute atomic E-state index is 11.3. The highest BCUT2D eigenvalue weighted by Crippen LogP contribution is 2.17. The fourth-order valence-corrected chi connectivity index (χ4v) is 2.14. The molecule has 0 aliphatic carbocycles. The second-order valence-electron chi connectivity index (χ2n) is 3.31. The lowest BCUT2D eigenvalue weighted by atomic mass is 10.2. The molecule has 0 spiro atoms. The van der Waals surface area contributed by atoms with E-state index in [0.29, 0.717) is 13.0 Å². The number of aromatic nitrogens is 1. The molecule has 0 fully saturated rings. The van der Waals surface area contributed by atoms with E-state index in [1.165, 1.54) is 4.88 Å². The van der Waals surface area contributed by atoms with Gasteiger partial charge in [0.25, 0.3) is 0 Å². The van der Waals surface area contributed by atoms with Gasteiger partial charge in [-0.2, -0.15) is 0 Å². The number of nitrogens with two attached hydrogens (primary N) is 1. The molecule has 1 aromatic rings. The van der Waals surface area contributed by atoms with Gasteiger partial charge < -0.3 is 10.5 Å². The number of thiazole rings is 1. The number of carbonyl (C=O) groups is 1. The third kappa shape index (κ3) is 3.28. The predicted molar refractivity (Wildman–Crippen MR) is 59.9 cm³/mol. The number of carbonyl (C=O) groups excluding carboxylic acids is 1. The Bertz CT molecular complexity index is 330. The van der Waals surface area contributed by atoms with Gasteiger partial charge in [0.15, 0.2) is 0 Å². The fourth-order valence-electron chi connectivity index (χ4n) is 1.15. The van der Waals surface area contributed by atoms with Crippen molar-refractivity contribution in [3.05, 3.63) is 15.6 Å². The third-order valence-corrected chi connectivity index (χ3v) is 3.15. The van der Waals surface area contributed by atoms with Crippen molar-refractivity contribution < 1.29 is 9.53 Å². The van der Waals surface area contributed by atoms with Gasteiger partial charge in [-0.25, -0.2) is 4.98 Å². The summed E-state index contributed by atoms with van der Waals surface area (Å²) in [6.45, 7) is 6.09. The number of aryl methyl sites for hydroxylation is 2. The van der Waals surface area contributed by atoms with Crippen molar-refractivity contribution in [2.75, 3.05) is 6.61 Å². The molecule has 4 nitrogen and oxygen atoms in total. The number of hydrogen-bond acceptors (Lipinski definition) is 5. The van der Waals surface area contributed by atoms with Crippen molar-refractivity contribution in [1.82, 2.24) is 4.98 Å². The van der Waals surface area contributed by atoms with E-state index in [9.17, 15) is 4.79 Å². The Morgan fingerprint density at radius 1 is 1.60 bits per heavy atom. The summed E-state index contributed by atoms with van der Waals surface area (Å²) in [4.78, 5) is 16.8. The number of ether oxygens (including phenoxy) is 1. The summed E-state index contributed by atoms with van der Waals surface area (Å²) in [7, 11) is 0. The van der Waals surface area contributed by atoms with E-state index in [1.54, 1.807) is 18.3 Å². The van der Waals surface area contributed by atoms with Crippen molar-refractivity contribution in [2.24, 2.45) is 5.73 Å². The maximum Gasteiger partial charge on any atom is 0.323 e. The monoisotopic (exact) mass is 228 g/mol. The molecule has 5 heteroatoms. The summed E-state index contributed by atoms with van der Waals surface area (Å²) >= 11 is 1.58. The van der Waals surface area contributed by atoms with E-state index in [4.69, 9.17) is 10.5 Å². The van der Waals surface area contributed by atoms with Crippen LogP contribution in [0.3, 0.4) is 0 Å². The molecule has 0 aliphatic rings. The highest BCUT2D eigenvalue weighted by atomic mass is 32.1. The lowest BCUT2D eigenvalue weighted by molar-refractivity contribution is -0.144. The quantitative estimate of drug-likeness (QED) is 0.786. The predicted octanol–water partition coefficient (Wildman–Crippen LogP) is 1.19. The molecule has 0 bridgehead atoms. The minimum Gasteiger partial charge on any atom is -0.465 e. The minimum absolute atomic E-state index is 0.358. The molecule has 0 aromatic carbocycles. The third-order valence-electron chi connectivity index (χ3n) is 2.06. The number of nitrogens with zero attached hydrogens (tertiary/aromatic N) is 1. The smallest absolute Gasteiger partial charge is 0.323 e. The molecule has 0 aliphatic heterocycles. The van der Waals surface area contributed by atoms with Crippen LogP contribution in [-0.2, 0) is 16.0 Å². The summed E-state index contributed by atoms with van der Waals surface area (Å²) in [5, 5.41) is 0.894. The van der Waals surface area contributed by atoms with Gasteiger partial charge in [0.2, 0.25) is 0 Å². The van der Waals surface area contributed by atoms with Crippen molar-refractivity contribution in [2.45, 2.75) is 33.2 Å². The molecule has 1 rings (SSSR count). The summed E-state index contributed by atoms with van der Waals surface area (Å²) < 4.78 is 4.83. The largest absolute Gasteiger partial charge is 0.465 e. The van der Waals surface area contributed by atoms with Crippen molar-refractivity contribution >= 4 is 17.3 Å². The van der Waals surface area contributed by atoms with Gasteiger partial charge in [-0.3, -0.25) is 4.79 Å². The zero-order valence-electron chi connectivity index (χ0n) is 9.24. The van der Waals surface area contributed by atoms with E-state index >= 15 is 0 Å². The standard InChI is InChI=1S/C10H16N2O2S/c1-4-14-10(13)8(11)5-9-12-6(2)7(3)15-9/h8H,4-5,11H2,1-3H3. The first kappa shape index (κ1) is 12.1. The van der Waals surface area contributed by atoms with Gasteiger partial charge in [-0.1, -0.05) is 0 Å². The van der Waals surface area contributed by atoms with Crippen LogP contribution in [0.5, 0.6) is 0 Å². The van der Waals surface area contributed by atoms with Crippen LogP contribution in [0, 0.1) is 13.8 Å². The number of hydrogen-bond donors (Lipinski definition) is 1. The van der Waals surface area contributed by atoms with Gasteiger partial charge in [0.1, 0.15) is 6.04 Å². The Kier molecular flexibility index (Phi) is 4.23. The highest BCUT2D eigenvalue weighted by Gasteiger charge is 2.17. The van der Waals surface area contributed by atoms with Crippen LogP contribution in [-0.4, -0.2) is 23.6 Å². The van der Waals surface area contributed by atoms with E-state index in [0.717, 1.165) is 10.7 Å². The van der Waals surface area contributed by atoms with Gasteiger partial charge in [-0.05, 0) is 20.8 Å². The Hall–Kier alpha value is -0.940. The fraction of sp³-hybridized carbons (Fsp3) is 0.600. The van der Waals surface area contributed by atoms with Crippen LogP contribution in [0.2, 0.25) is 0 Å². The number of rotatable bonds is 4. The first-order chi connectivity index (χ1) is 7.04. The SMILES string of the molecule is CCOC(=O)C(N)Cc1nc(C)c(C)s1. The molecule has 0 radical (unpaired) electrons. The Morgan fingerprint density at radius 3 is 2.73 bits per heavy atom. The van der Waals surface area contributed by atoms with Crippen LogP contribution in [0.1, 0.15) is 22.5 Å². The molecule has 84 valence electrons. The average molecular weight is 228 g/mol. The van der Waals surface area contributed by atoms with Crippen LogP contribution in [0.4, 0.5) is 0 Å². The number of esters is 1. The summed E-state index contributed by atoms with van der Waals surface area (Å²) in [6.07, 6.45) is 0.457. The molecule has 0 saturated heterocycles. The summed E-state index contributed by atoms with van der Waals surface area (Å²) in [5.41, 5.74) is 6.69. The molecule has 0 saturated carbocycles.